The lowest BCUT2D eigenvalue weighted by Gasteiger charge is -2.19. The smallest absolute Gasteiger partial charge is 0.313 e. The van der Waals surface area contributed by atoms with Gasteiger partial charge >= 0.3 is 5.97 Å². The molecular formula is C29H32O5S. The lowest BCUT2D eigenvalue weighted by Crippen LogP contribution is -2.18. The average Bonchev–Trinajstić information content (AvgIpc) is 2.83. The van der Waals surface area contributed by atoms with Crippen LogP contribution < -0.4 is 9.47 Å². The molecule has 0 saturated carbocycles. The van der Waals surface area contributed by atoms with Gasteiger partial charge in [-0.1, -0.05) is 50.2 Å². The predicted octanol–water partition coefficient (Wildman–Crippen LogP) is 6.76. The van der Waals surface area contributed by atoms with Gasteiger partial charge in [0.2, 0.25) is 0 Å². The molecule has 0 amide bonds. The number of aryl methyl sites for hydroxylation is 1. The molecule has 0 heterocycles. The van der Waals surface area contributed by atoms with Gasteiger partial charge in [0, 0.05) is 16.9 Å². The van der Waals surface area contributed by atoms with Crippen LogP contribution in [0, 0.1) is 6.92 Å². The zero-order valence-corrected chi connectivity index (χ0v) is 21.4. The van der Waals surface area contributed by atoms with Gasteiger partial charge in [-0.3, -0.25) is 9.59 Å². The van der Waals surface area contributed by atoms with E-state index in [1.165, 1.54) is 11.8 Å². The van der Waals surface area contributed by atoms with Crippen molar-refractivity contribution in [3.8, 4) is 11.5 Å². The van der Waals surface area contributed by atoms with E-state index in [-0.39, 0.29) is 17.6 Å². The molecule has 0 bridgehead atoms. The maximum Gasteiger partial charge on any atom is 0.313 e. The van der Waals surface area contributed by atoms with E-state index in [9.17, 15) is 9.59 Å². The third-order valence-electron chi connectivity index (χ3n) is 5.57. The maximum atomic E-state index is 13.2. The van der Waals surface area contributed by atoms with Crippen molar-refractivity contribution >= 4 is 23.5 Å². The van der Waals surface area contributed by atoms with E-state index >= 15 is 0 Å². The van der Waals surface area contributed by atoms with Gasteiger partial charge < -0.3 is 14.6 Å². The zero-order valence-electron chi connectivity index (χ0n) is 20.6. The van der Waals surface area contributed by atoms with Gasteiger partial charge in [0.05, 0.1) is 24.0 Å². The van der Waals surface area contributed by atoms with Crippen molar-refractivity contribution in [3.63, 3.8) is 0 Å². The predicted molar refractivity (Wildman–Crippen MR) is 140 cm³/mol. The number of carbonyl (C=O) groups is 2. The summed E-state index contributed by atoms with van der Waals surface area (Å²) in [4.78, 5) is 24.9. The zero-order chi connectivity index (χ0) is 25.4. The molecule has 3 aromatic rings. The lowest BCUT2D eigenvalue weighted by molar-refractivity contribution is -0.133. The summed E-state index contributed by atoms with van der Waals surface area (Å²) in [6.07, 6.45) is 0.480. The van der Waals surface area contributed by atoms with Crippen LogP contribution in [0.2, 0.25) is 0 Å². The molecule has 35 heavy (non-hydrogen) atoms. The third kappa shape index (κ3) is 7.62. The number of hydrogen-bond acceptors (Lipinski definition) is 5. The molecule has 5 nitrogen and oxygen atoms in total. The van der Waals surface area contributed by atoms with E-state index in [1.54, 1.807) is 0 Å². The molecular weight excluding hydrogens is 460 g/mol. The summed E-state index contributed by atoms with van der Waals surface area (Å²) in [5.41, 5.74) is 3.27. The van der Waals surface area contributed by atoms with Crippen LogP contribution in [-0.4, -0.2) is 35.3 Å². The second-order valence-electron chi connectivity index (χ2n) is 8.78. The van der Waals surface area contributed by atoms with E-state index in [1.807, 2.05) is 80.6 Å². The number of hydrogen-bond donors (Lipinski definition) is 1. The first-order valence-electron chi connectivity index (χ1n) is 11.7. The van der Waals surface area contributed by atoms with Crippen LogP contribution in [0.4, 0.5) is 0 Å². The number of thioether (sulfide) groups is 1. The van der Waals surface area contributed by atoms with Crippen molar-refractivity contribution in [2.24, 2.45) is 0 Å². The summed E-state index contributed by atoms with van der Waals surface area (Å²) >= 11 is 1.30. The number of rotatable bonds is 12. The van der Waals surface area contributed by atoms with Crippen molar-refractivity contribution in [2.45, 2.75) is 51.0 Å². The van der Waals surface area contributed by atoms with Crippen LogP contribution >= 0.6 is 11.8 Å². The average molecular weight is 493 g/mol. The van der Waals surface area contributed by atoms with Crippen LogP contribution in [-0.2, 0) is 4.79 Å². The van der Waals surface area contributed by atoms with E-state index in [0.717, 1.165) is 21.8 Å². The molecule has 3 aromatic carbocycles. The number of carboxylic acids is 1. The van der Waals surface area contributed by atoms with Gasteiger partial charge in [-0.15, -0.1) is 11.8 Å². The highest BCUT2D eigenvalue weighted by Crippen LogP contribution is 2.29. The first-order valence-corrected chi connectivity index (χ1v) is 12.7. The highest BCUT2D eigenvalue weighted by atomic mass is 32.2. The number of benzene rings is 3. The van der Waals surface area contributed by atoms with Gasteiger partial charge in [-0.2, -0.15) is 0 Å². The Bertz CT molecular complexity index is 1160. The monoisotopic (exact) mass is 492 g/mol. The number of carboxylic acid groups (broad SMARTS) is 1. The Balaban J connectivity index is 1.63. The Labute approximate surface area is 211 Å². The second kappa shape index (κ2) is 12.5. The Hall–Kier alpha value is -3.25. The molecule has 0 aliphatic rings. The van der Waals surface area contributed by atoms with E-state index in [4.69, 9.17) is 14.6 Å². The molecule has 0 unspecified atom stereocenters. The number of ketones is 1. The molecule has 0 fully saturated rings. The standard InChI is InChI=1S/C29H32O5S/c1-19(2)23-10-12-26(25(17-23)29(32)22-8-6-5-7-9-22)34-21(4)14-15-33-24-11-13-27(20(3)16-24)35-18-28(30)31/h5-13,16-17,19,21H,14-15,18H2,1-4H3,(H,30,31)/t21-/m1/s1. The first kappa shape index (κ1) is 26.4. The van der Waals surface area contributed by atoms with Gasteiger partial charge in [0.15, 0.2) is 5.78 Å². The third-order valence-corrected chi connectivity index (χ3v) is 6.73. The number of ether oxygens (including phenoxy) is 2. The van der Waals surface area contributed by atoms with Gasteiger partial charge in [-0.25, -0.2) is 0 Å². The van der Waals surface area contributed by atoms with Crippen LogP contribution in [0.5, 0.6) is 11.5 Å². The van der Waals surface area contributed by atoms with E-state index in [0.29, 0.717) is 35.8 Å². The molecule has 1 N–H and O–H groups in total. The highest BCUT2D eigenvalue weighted by Gasteiger charge is 2.18. The summed E-state index contributed by atoms with van der Waals surface area (Å²) in [5.74, 6) is 0.749. The number of aliphatic carboxylic acids is 1. The summed E-state index contributed by atoms with van der Waals surface area (Å²) < 4.78 is 12.1. The fourth-order valence-corrected chi connectivity index (χ4v) is 4.29. The second-order valence-corrected chi connectivity index (χ2v) is 9.80. The van der Waals surface area contributed by atoms with E-state index in [2.05, 4.69) is 13.8 Å². The van der Waals surface area contributed by atoms with Crippen molar-refractivity contribution in [2.75, 3.05) is 12.4 Å². The van der Waals surface area contributed by atoms with Crippen molar-refractivity contribution in [1.82, 2.24) is 0 Å². The van der Waals surface area contributed by atoms with Gasteiger partial charge in [0.25, 0.3) is 0 Å². The largest absolute Gasteiger partial charge is 0.493 e. The van der Waals surface area contributed by atoms with E-state index < -0.39 is 5.97 Å². The number of carbonyl (C=O) groups excluding carboxylic acids is 1. The van der Waals surface area contributed by atoms with Crippen LogP contribution in [0.1, 0.15) is 60.2 Å². The SMILES string of the molecule is Cc1cc(OCC[C@@H](C)Oc2ccc(C(C)C)cc2C(=O)c2ccccc2)ccc1SCC(=O)O. The molecule has 0 radical (unpaired) electrons. The van der Waals surface area contributed by atoms with Crippen molar-refractivity contribution < 1.29 is 24.2 Å². The Morgan fingerprint density at radius 1 is 0.971 bits per heavy atom. The van der Waals surface area contributed by atoms with Crippen molar-refractivity contribution in [3.05, 3.63) is 89.0 Å². The minimum atomic E-state index is -0.837. The summed E-state index contributed by atoms with van der Waals surface area (Å²) in [6.45, 7) is 8.56. The quantitative estimate of drug-likeness (QED) is 0.222. The minimum absolute atomic E-state index is 0.0306. The van der Waals surface area contributed by atoms with Crippen LogP contribution in [0.3, 0.4) is 0 Å². The molecule has 184 valence electrons. The maximum absolute atomic E-state index is 13.2. The Kier molecular flexibility index (Phi) is 9.38. The van der Waals surface area contributed by atoms with Crippen molar-refractivity contribution in [1.29, 1.82) is 0 Å². The fraction of sp³-hybridized carbons (Fsp3) is 0.310. The molecule has 0 aliphatic heterocycles. The Morgan fingerprint density at radius 3 is 2.37 bits per heavy atom. The summed E-state index contributed by atoms with van der Waals surface area (Å²) in [5, 5.41) is 8.86. The first-order chi connectivity index (χ1) is 16.7. The lowest BCUT2D eigenvalue weighted by atomic mass is 9.96. The molecule has 0 aliphatic carbocycles. The summed E-state index contributed by atoms with van der Waals surface area (Å²) in [7, 11) is 0. The fourth-order valence-electron chi connectivity index (χ4n) is 3.56. The molecule has 6 heteroatoms. The molecule has 0 saturated heterocycles. The normalized spacial score (nSPS) is 11.8. The van der Waals surface area contributed by atoms with Crippen LogP contribution in [0.15, 0.2) is 71.6 Å². The van der Waals surface area contributed by atoms with Gasteiger partial charge in [-0.05, 0) is 61.2 Å². The molecule has 0 spiro atoms. The van der Waals surface area contributed by atoms with Crippen LogP contribution in [0.25, 0.3) is 0 Å². The summed E-state index contributed by atoms with van der Waals surface area (Å²) in [6, 6.07) is 20.7. The molecule has 1 atom stereocenters. The molecule has 3 rings (SSSR count). The molecule has 0 aromatic heterocycles. The minimum Gasteiger partial charge on any atom is -0.493 e. The topological polar surface area (TPSA) is 72.8 Å². The van der Waals surface area contributed by atoms with Gasteiger partial charge in [0.1, 0.15) is 11.5 Å². The Morgan fingerprint density at radius 2 is 1.71 bits per heavy atom. The highest BCUT2D eigenvalue weighted by molar-refractivity contribution is 8.00.